The Kier molecular flexibility index (Phi) is 7.63. The summed E-state index contributed by atoms with van der Waals surface area (Å²) in [4.78, 5) is 11.7. The van der Waals surface area contributed by atoms with Crippen LogP contribution in [0.3, 0.4) is 0 Å². The molecule has 0 aliphatic heterocycles. The van der Waals surface area contributed by atoms with Crippen molar-refractivity contribution in [2.24, 2.45) is 11.7 Å². The van der Waals surface area contributed by atoms with E-state index in [9.17, 15) is 4.79 Å². The highest BCUT2D eigenvalue weighted by molar-refractivity contribution is 5.85. The van der Waals surface area contributed by atoms with Crippen LogP contribution in [0.1, 0.15) is 43.6 Å². The van der Waals surface area contributed by atoms with E-state index in [1.807, 2.05) is 0 Å². The normalized spacial score (nSPS) is 21.9. The zero-order valence-corrected chi connectivity index (χ0v) is 12.7. The number of benzene rings is 1. The SMILES string of the molecule is Cl.NCCNC(=O)CC1CCC(c2ccccc2)CC1. The molecule has 1 amide bonds. The molecule has 1 aliphatic carbocycles. The smallest absolute Gasteiger partial charge is 0.220 e. The quantitative estimate of drug-likeness (QED) is 0.878. The van der Waals surface area contributed by atoms with Crippen molar-refractivity contribution in [2.75, 3.05) is 13.1 Å². The van der Waals surface area contributed by atoms with Gasteiger partial charge in [-0.1, -0.05) is 30.3 Å². The average Bonchev–Trinajstić information content (AvgIpc) is 2.47. The molecule has 0 aromatic heterocycles. The van der Waals surface area contributed by atoms with E-state index >= 15 is 0 Å². The van der Waals surface area contributed by atoms with E-state index in [0.717, 1.165) is 12.8 Å². The van der Waals surface area contributed by atoms with Crippen LogP contribution in [0.15, 0.2) is 30.3 Å². The van der Waals surface area contributed by atoms with Crippen LogP contribution >= 0.6 is 12.4 Å². The third kappa shape index (κ3) is 5.14. The van der Waals surface area contributed by atoms with E-state index < -0.39 is 0 Å². The van der Waals surface area contributed by atoms with Gasteiger partial charge < -0.3 is 11.1 Å². The van der Waals surface area contributed by atoms with Crippen LogP contribution in [-0.4, -0.2) is 19.0 Å². The molecule has 0 bridgehead atoms. The van der Waals surface area contributed by atoms with E-state index in [0.29, 0.717) is 31.3 Å². The van der Waals surface area contributed by atoms with Gasteiger partial charge in [-0.2, -0.15) is 0 Å². The van der Waals surface area contributed by atoms with Crippen LogP contribution in [0.5, 0.6) is 0 Å². The Morgan fingerprint density at radius 1 is 1.15 bits per heavy atom. The van der Waals surface area contributed by atoms with Crippen molar-refractivity contribution >= 4 is 18.3 Å². The second-order valence-electron chi connectivity index (χ2n) is 5.47. The molecule has 0 saturated heterocycles. The Morgan fingerprint density at radius 3 is 2.40 bits per heavy atom. The summed E-state index contributed by atoms with van der Waals surface area (Å²) in [5, 5.41) is 2.86. The topological polar surface area (TPSA) is 55.1 Å². The van der Waals surface area contributed by atoms with Crippen molar-refractivity contribution in [3.8, 4) is 0 Å². The van der Waals surface area contributed by atoms with Gasteiger partial charge in [0.05, 0.1) is 0 Å². The second-order valence-corrected chi connectivity index (χ2v) is 5.47. The summed E-state index contributed by atoms with van der Waals surface area (Å²) < 4.78 is 0. The van der Waals surface area contributed by atoms with Crippen molar-refractivity contribution in [3.63, 3.8) is 0 Å². The van der Waals surface area contributed by atoms with Crippen molar-refractivity contribution in [1.29, 1.82) is 0 Å². The van der Waals surface area contributed by atoms with Crippen molar-refractivity contribution in [3.05, 3.63) is 35.9 Å². The monoisotopic (exact) mass is 296 g/mol. The lowest BCUT2D eigenvalue weighted by Gasteiger charge is -2.28. The van der Waals surface area contributed by atoms with Gasteiger partial charge in [0.15, 0.2) is 0 Å². The van der Waals surface area contributed by atoms with E-state index in [2.05, 4.69) is 35.6 Å². The number of rotatable bonds is 5. The van der Waals surface area contributed by atoms with Crippen molar-refractivity contribution < 1.29 is 4.79 Å². The Labute approximate surface area is 127 Å². The predicted molar refractivity (Wildman–Crippen MR) is 85.1 cm³/mol. The molecule has 1 saturated carbocycles. The van der Waals surface area contributed by atoms with Gasteiger partial charge in [0.2, 0.25) is 5.91 Å². The van der Waals surface area contributed by atoms with Gasteiger partial charge in [0.25, 0.3) is 0 Å². The first-order valence-corrected chi connectivity index (χ1v) is 7.31. The lowest BCUT2D eigenvalue weighted by Crippen LogP contribution is -2.31. The van der Waals surface area contributed by atoms with Gasteiger partial charge in [-0.3, -0.25) is 4.79 Å². The van der Waals surface area contributed by atoms with E-state index in [1.54, 1.807) is 0 Å². The molecule has 1 aromatic rings. The summed E-state index contributed by atoms with van der Waals surface area (Å²) in [5.41, 5.74) is 6.83. The fourth-order valence-corrected chi connectivity index (χ4v) is 2.97. The molecule has 112 valence electrons. The number of nitrogens with two attached hydrogens (primary N) is 1. The predicted octanol–water partition coefficient (Wildman–Crippen LogP) is 2.85. The van der Waals surface area contributed by atoms with Gasteiger partial charge in [0.1, 0.15) is 0 Å². The lowest BCUT2D eigenvalue weighted by molar-refractivity contribution is -0.122. The molecule has 1 aromatic carbocycles. The Morgan fingerprint density at radius 2 is 1.80 bits per heavy atom. The van der Waals surface area contributed by atoms with E-state index in [-0.39, 0.29) is 18.3 Å². The number of nitrogens with one attached hydrogen (secondary N) is 1. The number of hydrogen-bond donors (Lipinski definition) is 2. The van der Waals surface area contributed by atoms with E-state index in [4.69, 9.17) is 5.73 Å². The largest absolute Gasteiger partial charge is 0.355 e. The van der Waals surface area contributed by atoms with E-state index in [1.165, 1.54) is 18.4 Å². The fraction of sp³-hybridized carbons (Fsp3) is 0.562. The fourth-order valence-electron chi connectivity index (χ4n) is 2.97. The maximum atomic E-state index is 11.7. The maximum absolute atomic E-state index is 11.7. The zero-order chi connectivity index (χ0) is 13.5. The number of amides is 1. The Bertz CT molecular complexity index is 389. The summed E-state index contributed by atoms with van der Waals surface area (Å²) in [7, 11) is 0. The van der Waals surface area contributed by atoms with Gasteiger partial charge in [-0.05, 0) is 43.1 Å². The molecule has 3 N–H and O–H groups in total. The first-order chi connectivity index (χ1) is 9.29. The Balaban J connectivity index is 0.00000200. The highest BCUT2D eigenvalue weighted by atomic mass is 35.5. The zero-order valence-electron chi connectivity index (χ0n) is 11.9. The molecule has 0 heterocycles. The van der Waals surface area contributed by atoms with Crippen LogP contribution in [0.4, 0.5) is 0 Å². The maximum Gasteiger partial charge on any atom is 0.220 e. The van der Waals surface area contributed by atoms with Gasteiger partial charge in [0, 0.05) is 19.5 Å². The molecule has 4 heteroatoms. The molecule has 20 heavy (non-hydrogen) atoms. The van der Waals surface area contributed by atoms with Gasteiger partial charge >= 0.3 is 0 Å². The molecular formula is C16H25ClN2O. The minimum absolute atomic E-state index is 0. The highest BCUT2D eigenvalue weighted by Gasteiger charge is 2.23. The minimum atomic E-state index is 0. The number of carbonyl (C=O) groups excluding carboxylic acids is 1. The number of halogens is 1. The second kappa shape index (κ2) is 8.98. The first kappa shape index (κ1) is 17.0. The summed E-state index contributed by atoms with van der Waals surface area (Å²) >= 11 is 0. The van der Waals surface area contributed by atoms with Crippen LogP contribution < -0.4 is 11.1 Å². The van der Waals surface area contributed by atoms with Gasteiger partial charge in [-0.25, -0.2) is 0 Å². The number of carbonyl (C=O) groups is 1. The molecule has 0 radical (unpaired) electrons. The molecule has 1 fully saturated rings. The van der Waals surface area contributed by atoms with Gasteiger partial charge in [-0.15, -0.1) is 12.4 Å². The summed E-state index contributed by atoms with van der Waals surface area (Å²) in [6, 6.07) is 10.7. The van der Waals surface area contributed by atoms with Crippen molar-refractivity contribution in [1.82, 2.24) is 5.32 Å². The third-order valence-corrected chi connectivity index (χ3v) is 4.06. The summed E-state index contributed by atoms with van der Waals surface area (Å²) in [5.74, 6) is 1.40. The van der Waals surface area contributed by atoms with Crippen LogP contribution in [-0.2, 0) is 4.79 Å². The molecule has 2 rings (SSSR count). The third-order valence-electron chi connectivity index (χ3n) is 4.06. The lowest BCUT2D eigenvalue weighted by atomic mass is 9.77. The number of hydrogen-bond acceptors (Lipinski definition) is 2. The average molecular weight is 297 g/mol. The first-order valence-electron chi connectivity index (χ1n) is 7.31. The molecule has 3 nitrogen and oxygen atoms in total. The molecular weight excluding hydrogens is 272 g/mol. The standard InChI is InChI=1S/C16H24N2O.ClH/c17-10-11-18-16(19)12-13-6-8-15(9-7-13)14-4-2-1-3-5-14;/h1-5,13,15H,6-12,17H2,(H,18,19);1H. The summed E-state index contributed by atoms with van der Waals surface area (Å²) in [6.45, 7) is 1.12. The molecule has 1 aliphatic rings. The van der Waals surface area contributed by atoms with Crippen LogP contribution in [0, 0.1) is 5.92 Å². The molecule has 0 atom stereocenters. The summed E-state index contributed by atoms with van der Waals surface area (Å²) in [6.07, 6.45) is 5.41. The molecule has 0 spiro atoms. The van der Waals surface area contributed by atoms with Crippen molar-refractivity contribution in [2.45, 2.75) is 38.0 Å². The van der Waals surface area contributed by atoms with Crippen LogP contribution in [0.2, 0.25) is 0 Å². The Hall–Kier alpha value is -1.06. The highest BCUT2D eigenvalue weighted by Crippen LogP contribution is 2.36. The van der Waals surface area contributed by atoms with Crippen LogP contribution in [0.25, 0.3) is 0 Å². The minimum Gasteiger partial charge on any atom is -0.355 e. The molecule has 0 unspecified atom stereocenters.